The summed E-state index contributed by atoms with van der Waals surface area (Å²) in [5, 5.41) is 8.96. The van der Waals surface area contributed by atoms with E-state index in [0.717, 1.165) is 12.8 Å². The summed E-state index contributed by atoms with van der Waals surface area (Å²) in [5.74, 6) is 5.57. The van der Waals surface area contributed by atoms with Crippen LogP contribution in [0.1, 0.15) is 12.8 Å². The van der Waals surface area contributed by atoms with E-state index in [0.29, 0.717) is 5.82 Å². The second-order valence-electron chi connectivity index (χ2n) is 4.09. The molecule has 2 rings (SSSR count). The monoisotopic (exact) mass is 272 g/mol. The predicted octanol–water partition coefficient (Wildman–Crippen LogP) is -0.487. The number of nitrogen functional groups attached to an aromatic ring is 1. The van der Waals surface area contributed by atoms with Crippen molar-refractivity contribution in [3.05, 3.63) is 18.3 Å². The van der Waals surface area contributed by atoms with Gasteiger partial charge in [0.1, 0.15) is 10.7 Å². The number of anilines is 1. The first-order valence-corrected chi connectivity index (χ1v) is 7.09. The normalized spacial score (nSPS) is 15.9. The topological polar surface area (TPSA) is 109 Å². The van der Waals surface area contributed by atoms with E-state index in [9.17, 15) is 8.42 Å². The first-order chi connectivity index (χ1) is 8.59. The maximum absolute atomic E-state index is 12.3. The molecular formula is C10H16N4O3S. The van der Waals surface area contributed by atoms with Crippen molar-refractivity contribution in [1.29, 1.82) is 0 Å². The summed E-state index contributed by atoms with van der Waals surface area (Å²) in [4.78, 5) is 3.99. The van der Waals surface area contributed by atoms with Gasteiger partial charge < -0.3 is 10.5 Å². The molecule has 7 nitrogen and oxygen atoms in total. The molecule has 0 aliphatic heterocycles. The highest BCUT2D eigenvalue weighted by molar-refractivity contribution is 7.89. The Morgan fingerprint density at radius 3 is 2.67 bits per heavy atom. The molecular weight excluding hydrogens is 256 g/mol. The van der Waals surface area contributed by atoms with Crippen LogP contribution in [0, 0.1) is 0 Å². The molecule has 100 valence electrons. The molecule has 18 heavy (non-hydrogen) atoms. The number of hydrogen-bond donors (Lipinski definition) is 3. The van der Waals surface area contributed by atoms with Gasteiger partial charge in [-0.1, -0.05) is 0 Å². The number of aliphatic hydroxyl groups excluding tert-OH is 1. The summed E-state index contributed by atoms with van der Waals surface area (Å²) in [6.45, 7) is -0.0739. The lowest BCUT2D eigenvalue weighted by Gasteiger charge is -2.20. The van der Waals surface area contributed by atoms with Crippen molar-refractivity contribution >= 4 is 15.8 Å². The van der Waals surface area contributed by atoms with Crippen molar-refractivity contribution < 1.29 is 13.5 Å². The van der Waals surface area contributed by atoms with Gasteiger partial charge in [0.25, 0.3) is 0 Å². The molecule has 1 aromatic heterocycles. The summed E-state index contributed by atoms with van der Waals surface area (Å²) in [6.07, 6.45) is 2.95. The molecule has 0 spiro atoms. The molecule has 4 N–H and O–H groups in total. The van der Waals surface area contributed by atoms with Crippen LogP contribution in [0.2, 0.25) is 0 Å². The fraction of sp³-hybridized carbons (Fsp3) is 0.500. The van der Waals surface area contributed by atoms with Gasteiger partial charge in [-0.15, -0.1) is 0 Å². The maximum atomic E-state index is 12.3. The van der Waals surface area contributed by atoms with Gasteiger partial charge >= 0.3 is 0 Å². The van der Waals surface area contributed by atoms with E-state index in [-0.39, 0.29) is 24.1 Å². The largest absolute Gasteiger partial charge is 0.395 e. The number of rotatable bonds is 6. The van der Waals surface area contributed by atoms with Gasteiger partial charge in [-0.2, -0.15) is 4.31 Å². The fourth-order valence-electron chi connectivity index (χ4n) is 1.71. The van der Waals surface area contributed by atoms with E-state index in [4.69, 9.17) is 10.9 Å². The van der Waals surface area contributed by atoms with Crippen molar-refractivity contribution in [1.82, 2.24) is 9.29 Å². The molecule has 1 fully saturated rings. The first kappa shape index (κ1) is 13.2. The quantitative estimate of drug-likeness (QED) is 0.476. The standard InChI is InChI=1S/C10H16N4O3S/c11-13-10-4-3-9(7-12-10)18(16,17)14(5-6-15)8-1-2-8/h3-4,7-8,15H,1-2,5-6,11H2,(H,12,13). The Morgan fingerprint density at radius 1 is 1.50 bits per heavy atom. The number of hydrogen-bond acceptors (Lipinski definition) is 6. The van der Waals surface area contributed by atoms with Crippen LogP contribution in [-0.2, 0) is 10.0 Å². The van der Waals surface area contributed by atoms with Gasteiger partial charge in [0.15, 0.2) is 0 Å². The average Bonchev–Trinajstić information content (AvgIpc) is 3.20. The molecule has 0 radical (unpaired) electrons. The molecule has 0 amide bonds. The minimum atomic E-state index is -3.58. The van der Waals surface area contributed by atoms with Crippen molar-refractivity contribution in [3.63, 3.8) is 0 Å². The van der Waals surface area contributed by atoms with Crippen LogP contribution < -0.4 is 11.3 Å². The number of sulfonamides is 1. The van der Waals surface area contributed by atoms with Gasteiger partial charge in [-0.3, -0.25) is 0 Å². The number of nitrogens with one attached hydrogen (secondary N) is 1. The van der Waals surface area contributed by atoms with Crippen LogP contribution in [0.3, 0.4) is 0 Å². The Bertz CT molecular complexity index is 498. The van der Waals surface area contributed by atoms with Crippen LogP contribution in [0.5, 0.6) is 0 Å². The van der Waals surface area contributed by atoms with E-state index in [2.05, 4.69) is 10.4 Å². The van der Waals surface area contributed by atoms with Gasteiger partial charge in [-0.25, -0.2) is 19.2 Å². The molecule has 1 saturated carbocycles. The van der Waals surface area contributed by atoms with Crippen LogP contribution in [0.4, 0.5) is 5.82 Å². The maximum Gasteiger partial charge on any atom is 0.244 e. The Hall–Kier alpha value is -1.22. The Morgan fingerprint density at radius 2 is 2.22 bits per heavy atom. The number of aromatic nitrogens is 1. The SMILES string of the molecule is NNc1ccc(S(=O)(=O)N(CCO)C2CC2)cn1. The smallest absolute Gasteiger partial charge is 0.244 e. The van der Waals surface area contributed by atoms with Crippen LogP contribution in [0.25, 0.3) is 0 Å². The van der Waals surface area contributed by atoms with E-state index in [1.807, 2.05) is 0 Å². The van der Waals surface area contributed by atoms with Gasteiger partial charge in [0.05, 0.1) is 6.61 Å². The van der Waals surface area contributed by atoms with Gasteiger partial charge in [0, 0.05) is 18.8 Å². The van der Waals surface area contributed by atoms with Crippen LogP contribution >= 0.6 is 0 Å². The third kappa shape index (κ3) is 2.61. The summed E-state index contributed by atoms with van der Waals surface area (Å²) < 4.78 is 26.0. The Labute approximate surface area is 106 Å². The minimum absolute atomic E-state index is 0.00876. The summed E-state index contributed by atoms with van der Waals surface area (Å²) in [6, 6.07) is 2.95. The van der Waals surface area contributed by atoms with E-state index < -0.39 is 10.0 Å². The minimum Gasteiger partial charge on any atom is -0.395 e. The molecule has 0 atom stereocenters. The second kappa shape index (κ2) is 5.19. The molecule has 1 aliphatic rings. The lowest BCUT2D eigenvalue weighted by atomic mass is 10.5. The van der Waals surface area contributed by atoms with Crippen molar-refractivity contribution in [3.8, 4) is 0 Å². The van der Waals surface area contributed by atoms with Crippen molar-refractivity contribution in [2.45, 2.75) is 23.8 Å². The summed E-state index contributed by atoms with van der Waals surface area (Å²) >= 11 is 0. The lowest BCUT2D eigenvalue weighted by molar-refractivity contribution is 0.250. The third-order valence-electron chi connectivity index (χ3n) is 2.77. The van der Waals surface area contributed by atoms with Crippen molar-refractivity contribution in [2.75, 3.05) is 18.6 Å². The highest BCUT2D eigenvalue weighted by Crippen LogP contribution is 2.31. The molecule has 1 aliphatic carbocycles. The van der Waals surface area contributed by atoms with Crippen LogP contribution in [-0.4, -0.2) is 42.0 Å². The number of pyridine rings is 1. The van der Waals surface area contributed by atoms with Crippen LogP contribution in [0.15, 0.2) is 23.2 Å². The first-order valence-electron chi connectivity index (χ1n) is 5.65. The molecule has 8 heteroatoms. The number of hydrazine groups is 1. The highest BCUT2D eigenvalue weighted by Gasteiger charge is 2.37. The predicted molar refractivity (Wildman–Crippen MR) is 66.0 cm³/mol. The van der Waals surface area contributed by atoms with Gasteiger partial charge in [0.2, 0.25) is 10.0 Å². The zero-order valence-corrected chi connectivity index (χ0v) is 10.6. The molecule has 0 aromatic carbocycles. The highest BCUT2D eigenvalue weighted by atomic mass is 32.2. The fourth-order valence-corrected chi connectivity index (χ4v) is 3.34. The van der Waals surface area contributed by atoms with Gasteiger partial charge in [-0.05, 0) is 25.0 Å². The average molecular weight is 272 g/mol. The molecule has 1 aromatic rings. The zero-order chi connectivity index (χ0) is 13.2. The molecule has 0 saturated heterocycles. The Kier molecular flexibility index (Phi) is 3.81. The summed E-state index contributed by atoms with van der Waals surface area (Å²) in [7, 11) is -3.58. The van der Waals surface area contributed by atoms with Crippen molar-refractivity contribution in [2.24, 2.45) is 5.84 Å². The zero-order valence-electron chi connectivity index (χ0n) is 9.78. The number of nitrogens with zero attached hydrogens (tertiary/aromatic N) is 2. The molecule has 0 unspecified atom stereocenters. The van der Waals surface area contributed by atoms with E-state index >= 15 is 0 Å². The lowest BCUT2D eigenvalue weighted by Crippen LogP contribution is -2.35. The third-order valence-corrected chi connectivity index (χ3v) is 4.70. The molecule has 0 bridgehead atoms. The second-order valence-corrected chi connectivity index (χ2v) is 5.98. The van der Waals surface area contributed by atoms with E-state index in [1.165, 1.54) is 22.6 Å². The summed E-state index contributed by atoms with van der Waals surface area (Å²) in [5.41, 5.74) is 2.34. The van der Waals surface area contributed by atoms with E-state index in [1.54, 1.807) is 0 Å². The number of aliphatic hydroxyl groups is 1. The Balaban J connectivity index is 2.27. The molecule has 1 heterocycles. The number of nitrogens with two attached hydrogens (primary N) is 1.